The number of carbonyl (C=O) groups is 1. The van der Waals surface area contributed by atoms with Gasteiger partial charge >= 0.3 is 5.97 Å². The summed E-state index contributed by atoms with van der Waals surface area (Å²) in [6, 6.07) is 0. The minimum atomic E-state index is -3.53. The molecule has 0 aliphatic heterocycles. The fraction of sp³-hybridized carbons (Fsp3) is 0.875. The number of carbonyl (C=O) groups excluding carboxylic acids is 1. The lowest BCUT2D eigenvalue weighted by molar-refractivity contribution is -0.151. The molecule has 0 fully saturated rings. The van der Waals surface area contributed by atoms with E-state index in [2.05, 4.69) is 0 Å². The van der Waals surface area contributed by atoms with E-state index in [0.717, 1.165) is 0 Å². The number of esters is 1. The molecule has 0 rings (SSSR count). The fourth-order valence-corrected chi connectivity index (χ4v) is 1.60. The molecule has 0 aliphatic rings. The van der Waals surface area contributed by atoms with Crippen LogP contribution >= 0.6 is 0 Å². The highest BCUT2D eigenvalue weighted by atomic mass is 32.2. The molecule has 0 unspecified atom stereocenters. The first-order valence-electron chi connectivity index (χ1n) is 4.19. The number of aliphatic hydroxyl groups is 1. The van der Waals surface area contributed by atoms with Crippen molar-refractivity contribution in [3.63, 3.8) is 0 Å². The van der Waals surface area contributed by atoms with Crippen LogP contribution in [0.4, 0.5) is 0 Å². The smallest absolute Gasteiger partial charge is 0.321 e. The van der Waals surface area contributed by atoms with Crippen molar-refractivity contribution in [2.75, 3.05) is 18.1 Å². The van der Waals surface area contributed by atoms with Crippen molar-refractivity contribution < 1.29 is 23.1 Å². The van der Waals surface area contributed by atoms with Crippen molar-refractivity contribution in [3.8, 4) is 0 Å². The zero-order valence-electron chi connectivity index (χ0n) is 8.61. The van der Waals surface area contributed by atoms with E-state index in [-0.39, 0.29) is 0 Å². The monoisotopic (exact) mass is 224 g/mol. The molecule has 0 aromatic heterocycles. The summed E-state index contributed by atoms with van der Waals surface area (Å²) < 4.78 is 27.0. The molecule has 0 saturated carbocycles. The van der Waals surface area contributed by atoms with Crippen LogP contribution in [0, 0.1) is 0 Å². The summed E-state index contributed by atoms with van der Waals surface area (Å²) in [7, 11) is -3.53. The Labute approximate surface area is 84.0 Å². The molecule has 0 amide bonds. The van der Waals surface area contributed by atoms with E-state index in [1.54, 1.807) is 20.8 Å². The Morgan fingerprint density at radius 2 is 1.86 bits per heavy atom. The third kappa shape index (κ3) is 6.85. The topological polar surface area (TPSA) is 80.7 Å². The zero-order chi connectivity index (χ0) is 11.4. The maximum atomic E-state index is 11.1. The van der Waals surface area contributed by atoms with E-state index < -0.39 is 39.5 Å². The number of ether oxygens (including phenoxy) is 1. The Morgan fingerprint density at radius 3 is 2.21 bits per heavy atom. The van der Waals surface area contributed by atoms with Gasteiger partial charge in [-0.1, -0.05) is 0 Å². The first-order valence-corrected chi connectivity index (χ1v) is 6.01. The molecule has 1 N–H and O–H groups in total. The van der Waals surface area contributed by atoms with Gasteiger partial charge in [0.15, 0.2) is 9.84 Å². The Hall–Kier alpha value is -0.620. The molecule has 84 valence electrons. The van der Waals surface area contributed by atoms with Crippen molar-refractivity contribution in [1.82, 2.24) is 0 Å². The minimum absolute atomic E-state index is 0.410. The maximum absolute atomic E-state index is 11.1. The summed E-state index contributed by atoms with van der Waals surface area (Å²) in [6.07, 6.45) is 0. The third-order valence-corrected chi connectivity index (χ3v) is 2.64. The highest BCUT2D eigenvalue weighted by Crippen LogP contribution is 2.07. The quantitative estimate of drug-likeness (QED) is 0.665. The summed E-state index contributed by atoms with van der Waals surface area (Å²) in [5.74, 6) is -1.87. The number of sulfone groups is 1. The van der Waals surface area contributed by atoms with Gasteiger partial charge in [0.05, 0.1) is 12.4 Å². The Bertz CT molecular complexity index is 285. The van der Waals surface area contributed by atoms with Crippen LogP contribution < -0.4 is 0 Å². The molecule has 0 bridgehead atoms. The first kappa shape index (κ1) is 13.4. The molecular formula is C8H16O5S. The van der Waals surface area contributed by atoms with Crippen LogP contribution in [0.3, 0.4) is 0 Å². The predicted octanol–water partition coefficient (Wildman–Crippen LogP) is -0.265. The van der Waals surface area contributed by atoms with Crippen LogP contribution in [0.25, 0.3) is 0 Å². The summed E-state index contributed by atoms with van der Waals surface area (Å²) in [6.45, 7) is 4.49. The van der Waals surface area contributed by atoms with Gasteiger partial charge in [-0.3, -0.25) is 4.79 Å². The standard InChI is InChI=1S/C8H16O5S/c1-8(2,3)13-7(10)6-14(11,12)5-4-9/h9H,4-6H2,1-3H3. The van der Waals surface area contributed by atoms with Crippen molar-refractivity contribution in [1.29, 1.82) is 0 Å². The maximum Gasteiger partial charge on any atom is 0.321 e. The second-order valence-electron chi connectivity index (χ2n) is 3.90. The van der Waals surface area contributed by atoms with E-state index >= 15 is 0 Å². The largest absolute Gasteiger partial charge is 0.459 e. The molecule has 0 aromatic rings. The van der Waals surface area contributed by atoms with E-state index in [4.69, 9.17) is 9.84 Å². The van der Waals surface area contributed by atoms with Crippen molar-refractivity contribution in [3.05, 3.63) is 0 Å². The van der Waals surface area contributed by atoms with Crippen molar-refractivity contribution in [2.45, 2.75) is 26.4 Å². The predicted molar refractivity (Wildman–Crippen MR) is 51.6 cm³/mol. The van der Waals surface area contributed by atoms with Gasteiger partial charge in [0.2, 0.25) is 0 Å². The lowest BCUT2D eigenvalue weighted by atomic mass is 10.2. The summed E-state index contributed by atoms with van der Waals surface area (Å²) in [4.78, 5) is 11.1. The number of aliphatic hydroxyl groups excluding tert-OH is 1. The number of hydrogen-bond donors (Lipinski definition) is 1. The van der Waals surface area contributed by atoms with Crippen LogP contribution in [0.15, 0.2) is 0 Å². The normalized spacial score (nSPS) is 12.6. The van der Waals surface area contributed by atoms with E-state index in [9.17, 15) is 13.2 Å². The van der Waals surface area contributed by atoms with E-state index in [0.29, 0.717) is 0 Å². The summed E-state index contributed by atoms with van der Waals surface area (Å²) >= 11 is 0. The molecule has 0 aliphatic carbocycles. The van der Waals surface area contributed by atoms with Gasteiger partial charge in [0, 0.05) is 0 Å². The molecule has 0 heterocycles. The minimum Gasteiger partial charge on any atom is -0.459 e. The van der Waals surface area contributed by atoms with Gasteiger partial charge in [0.1, 0.15) is 11.4 Å². The third-order valence-electron chi connectivity index (χ3n) is 1.16. The van der Waals surface area contributed by atoms with Gasteiger partial charge in [0.25, 0.3) is 0 Å². The molecule has 5 nitrogen and oxygen atoms in total. The second-order valence-corrected chi connectivity index (χ2v) is 6.09. The molecule has 0 aromatic carbocycles. The van der Waals surface area contributed by atoms with Gasteiger partial charge in [-0.2, -0.15) is 0 Å². The van der Waals surface area contributed by atoms with Crippen LogP contribution in [-0.2, 0) is 19.4 Å². The van der Waals surface area contributed by atoms with Gasteiger partial charge < -0.3 is 9.84 Å². The van der Waals surface area contributed by atoms with Gasteiger partial charge in [-0.15, -0.1) is 0 Å². The summed E-state index contributed by atoms with van der Waals surface area (Å²) in [5, 5.41) is 8.42. The molecule has 0 saturated heterocycles. The van der Waals surface area contributed by atoms with Crippen LogP contribution in [0.2, 0.25) is 0 Å². The molecule has 0 spiro atoms. The average molecular weight is 224 g/mol. The fourth-order valence-electron chi connectivity index (χ4n) is 0.762. The van der Waals surface area contributed by atoms with E-state index in [1.807, 2.05) is 0 Å². The number of rotatable bonds is 4. The molecule has 6 heteroatoms. The first-order chi connectivity index (χ1) is 6.16. The highest BCUT2D eigenvalue weighted by Gasteiger charge is 2.22. The van der Waals surface area contributed by atoms with E-state index in [1.165, 1.54) is 0 Å². The van der Waals surface area contributed by atoms with Gasteiger partial charge in [-0.05, 0) is 20.8 Å². The molecular weight excluding hydrogens is 208 g/mol. The van der Waals surface area contributed by atoms with Crippen LogP contribution in [0.5, 0.6) is 0 Å². The Kier molecular flexibility index (Phi) is 4.54. The summed E-state index contributed by atoms with van der Waals surface area (Å²) in [5.41, 5.74) is -0.689. The molecule has 14 heavy (non-hydrogen) atoms. The Balaban J connectivity index is 4.21. The van der Waals surface area contributed by atoms with Gasteiger partial charge in [-0.25, -0.2) is 8.42 Å². The lowest BCUT2D eigenvalue weighted by Gasteiger charge is -2.19. The number of hydrogen-bond acceptors (Lipinski definition) is 5. The highest BCUT2D eigenvalue weighted by molar-refractivity contribution is 7.92. The molecule has 0 radical (unpaired) electrons. The van der Waals surface area contributed by atoms with Crippen LogP contribution in [-0.4, -0.2) is 43.2 Å². The Morgan fingerprint density at radius 1 is 1.36 bits per heavy atom. The lowest BCUT2D eigenvalue weighted by Crippen LogP contribution is -2.29. The molecule has 0 atom stereocenters. The zero-order valence-corrected chi connectivity index (χ0v) is 9.43. The second kappa shape index (κ2) is 4.75. The van der Waals surface area contributed by atoms with Crippen molar-refractivity contribution in [2.24, 2.45) is 0 Å². The SMILES string of the molecule is CC(C)(C)OC(=O)CS(=O)(=O)CCO. The average Bonchev–Trinajstić information content (AvgIpc) is 1.78. The van der Waals surface area contributed by atoms with Crippen LogP contribution in [0.1, 0.15) is 20.8 Å². The van der Waals surface area contributed by atoms with Crippen molar-refractivity contribution >= 4 is 15.8 Å².